The van der Waals surface area contributed by atoms with Crippen LogP contribution in [0.4, 0.5) is 0 Å². The number of halogens is 1. The quantitative estimate of drug-likeness (QED) is 0.381. The average Bonchev–Trinajstić information content (AvgIpc) is 3.06. The van der Waals surface area contributed by atoms with Gasteiger partial charge in [0.2, 0.25) is 15.8 Å². The predicted octanol–water partition coefficient (Wildman–Crippen LogP) is 4.04. The van der Waals surface area contributed by atoms with Crippen molar-refractivity contribution in [3.8, 4) is 5.69 Å². The van der Waals surface area contributed by atoms with E-state index in [0.717, 1.165) is 27.4 Å². The number of Topliss-reactive ketones (excluding diaryl/α,β-unsaturated/α-hetero) is 1. The maximum absolute atomic E-state index is 12.8. The van der Waals surface area contributed by atoms with E-state index in [1.54, 1.807) is 6.07 Å². The number of hydrogen-bond acceptors (Lipinski definition) is 5. The van der Waals surface area contributed by atoms with Crippen LogP contribution < -0.4 is 0 Å². The number of para-hydroxylation sites is 1. The van der Waals surface area contributed by atoms with E-state index in [0.29, 0.717) is 5.56 Å². The number of ketones is 1. The number of carbonyl (C=O) groups is 2. The Labute approximate surface area is 192 Å². The molecule has 0 aliphatic heterocycles. The van der Waals surface area contributed by atoms with E-state index in [1.165, 1.54) is 26.2 Å². The zero-order valence-electron chi connectivity index (χ0n) is 18.1. The molecule has 0 saturated carbocycles. The molecule has 0 N–H and O–H groups in total. The first-order valence-electron chi connectivity index (χ1n) is 9.70. The van der Waals surface area contributed by atoms with Crippen molar-refractivity contribution in [3.63, 3.8) is 0 Å². The summed E-state index contributed by atoms with van der Waals surface area (Å²) in [6.45, 7) is 3.24. The number of aryl methyl sites for hydroxylation is 1. The number of carbonyl (C=O) groups excluding carboxylic acids is 2. The lowest BCUT2D eigenvalue weighted by Gasteiger charge is -2.13. The van der Waals surface area contributed by atoms with Crippen LogP contribution in [0.1, 0.15) is 32.1 Å². The zero-order chi connectivity index (χ0) is 23.6. The Balaban J connectivity index is 1.79. The minimum absolute atomic E-state index is 0.0142. The van der Waals surface area contributed by atoms with Crippen LogP contribution in [0.5, 0.6) is 0 Å². The maximum Gasteiger partial charge on any atom is 0.338 e. The second-order valence-electron chi connectivity index (χ2n) is 7.39. The SMILES string of the molecule is Cc1cc(C(=O)COC(=O)c2ccc(Cl)c(S(=O)(=O)N(C)C)c2)c(C)n1-c1ccccc1. The van der Waals surface area contributed by atoms with Crippen molar-refractivity contribution in [1.82, 2.24) is 8.87 Å². The maximum atomic E-state index is 12.8. The number of hydrogen-bond donors (Lipinski definition) is 0. The molecule has 3 rings (SSSR count). The van der Waals surface area contributed by atoms with Crippen LogP contribution in [0.2, 0.25) is 5.02 Å². The molecule has 0 spiro atoms. The number of sulfonamides is 1. The highest BCUT2D eigenvalue weighted by atomic mass is 35.5. The molecule has 2 aromatic carbocycles. The fourth-order valence-corrected chi connectivity index (χ4v) is 4.73. The fraction of sp³-hybridized carbons (Fsp3) is 0.217. The molecule has 0 bridgehead atoms. The summed E-state index contributed by atoms with van der Waals surface area (Å²) in [4.78, 5) is 25.0. The summed E-state index contributed by atoms with van der Waals surface area (Å²) < 4.78 is 32.9. The Kier molecular flexibility index (Phi) is 6.88. The van der Waals surface area contributed by atoms with E-state index in [9.17, 15) is 18.0 Å². The van der Waals surface area contributed by atoms with Crippen LogP contribution in [-0.4, -0.2) is 49.7 Å². The van der Waals surface area contributed by atoms with E-state index < -0.39 is 22.6 Å². The number of esters is 1. The number of ether oxygens (including phenoxy) is 1. The Morgan fingerprint density at radius 1 is 1.03 bits per heavy atom. The van der Waals surface area contributed by atoms with Crippen LogP contribution >= 0.6 is 11.6 Å². The average molecular weight is 475 g/mol. The first-order chi connectivity index (χ1) is 15.0. The molecule has 32 heavy (non-hydrogen) atoms. The van der Waals surface area contributed by atoms with E-state index in [-0.39, 0.29) is 21.3 Å². The van der Waals surface area contributed by atoms with Crippen LogP contribution in [0.3, 0.4) is 0 Å². The molecule has 1 heterocycles. The molecule has 0 saturated heterocycles. The summed E-state index contributed by atoms with van der Waals surface area (Å²) in [5, 5.41) is -0.0142. The first kappa shape index (κ1) is 23.7. The van der Waals surface area contributed by atoms with Crippen LogP contribution in [-0.2, 0) is 14.8 Å². The number of nitrogens with zero attached hydrogens (tertiary/aromatic N) is 2. The van der Waals surface area contributed by atoms with Crippen molar-refractivity contribution in [1.29, 1.82) is 0 Å². The van der Waals surface area contributed by atoms with Gasteiger partial charge in [-0.3, -0.25) is 4.79 Å². The lowest BCUT2D eigenvalue weighted by Crippen LogP contribution is -2.23. The van der Waals surface area contributed by atoms with Gasteiger partial charge in [-0.2, -0.15) is 0 Å². The molecule has 0 atom stereocenters. The highest BCUT2D eigenvalue weighted by molar-refractivity contribution is 7.89. The van der Waals surface area contributed by atoms with E-state index in [1.807, 2.05) is 48.7 Å². The molecule has 0 fully saturated rings. The van der Waals surface area contributed by atoms with Crippen molar-refractivity contribution < 1.29 is 22.7 Å². The van der Waals surface area contributed by atoms with Crippen molar-refractivity contribution in [2.75, 3.05) is 20.7 Å². The minimum atomic E-state index is -3.85. The van der Waals surface area contributed by atoms with Gasteiger partial charge in [0.05, 0.1) is 10.6 Å². The molecule has 3 aromatic rings. The van der Waals surface area contributed by atoms with Crippen molar-refractivity contribution in [2.45, 2.75) is 18.7 Å². The third-order valence-electron chi connectivity index (χ3n) is 5.01. The molecular formula is C23H23ClN2O5S. The van der Waals surface area contributed by atoms with Gasteiger partial charge in [0.15, 0.2) is 6.61 Å². The van der Waals surface area contributed by atoms with Gasteiger partial charge in [-0.05, 0) is 50.2 Å². The van der Waals surface area contributed by atoms with Gasteiger partial charge < -0.3 is 9.30 Å². The third kappa shape index (κ3) is 4.62. The van der Waals surface area contributed by atoms with Gasteiger partial charge in [0.25, 0.3) is 0 Å². The molecule has 9 heteroatoms. The van der Waals surface area contributed by atoms with E-state index in [4.69, 9.17) is 16.3 Å². The lowest BCUT2D eigenvalue weighted by molar-refractivity contribution is 0.0474. The fourth-order valence-electron chi connectivity index (χ4n) is 3.34. The van der Waals surface area contributed by atoms with E-state index >= 15 is 0 Å². The third-order valence-corrected chi connectivity index (χ3v) is 7.30. The van der Waals surface area contributed by atoms with Gasteiger partial charge in [0.1, 0.15) is 4.90 Å². The Hall–Kier alpha value is -2.94. The number of benzene rings is 2. The molecule has 0 amide bonds. The Bertz CT molecular complexity index is 1280. The summed E-state index contributed by atoms with van der Waals surface area (Å²) >= 11 is 6.01. The smallest absolute Gasteiger partial charge is 0.338 e. The molecule has 0 unspecified atom stereocenters. The summed E-state index contributed by atoms with van der Waals surface area (Å²) in [6.07, 6.45) is 0. The topological polar surface area (TPSA) is 85.7 Å². The van der Waals surface area contributed by atoms with Crippen LogP contribution in [0, 0.1) is 13.8 Å². The molecule has 7 nitrogen and oxygen atoms in total. The lowest BCUT2D eigenvalue weighted by atomic mass is 10.1. The Morgan fingerprint density at radius 2 is 1.69 bits per heavy atom. The molecule has 0 aliphatic carbocycles. The minimum Gasteiger partial charge on any atom is -0.454 e. The Morgan fingerprint density at radius 3 is 2.31 bits per heavy atom. The van der Waals surface area contributed by atoms with Crippen LogP contribution in [0.15, 0.2) is 59.5 Å². The predicted molar refractivity (Wildman–Crippen MR) is 122 cm³/mol. The van der Waals surface area contributed by atoms with Crippen LogP contribution in [0.25, 0.3) is 5.69 Å². The zero-order valence-corrected chi connectivity index (χ0v) is 19.7. The summed E-state index contributed by atoms with van der Waals surface area (Å²) in [7, 11) is -1.12. The summed E-state index contributed by atoms with van der Waals surface area (Å²) in [6, 6.07) is 15.2. The summed E-state index contributed by atoms with van der Waals surface area (Å²) in [5.74, 6) is -1.18. The van der Waals surface area contributed by atoms with Crippen molar-refractivity contribution in [2.24, 2.45) is 0 Å². The first-order valence-corrected chi connectivity index (χ1v) is 11.5. The standard InChI is InChI=1S/C23H23ClN2O5S/c1-15-12-19(16(2)26(15)18-8-6-5-7-9-18)21(27)14-31-23(28)17-10-11-20(24)22(13-17)32(29,30)25(3)4/h5-13H,14H2,1-4H3. The van der Waals surface area contributed by atoms with Crippen molar-refractivity contribution >= 4 is 33.4 Å². The van der Waals surface area contributed by atoms with Gasteiger partial charge in [0, 0.05) is 36.7 Å². The molecular weight excluding hydrogens is 452 g/mol. The number of aromatic nitrogens is 1. The highest BCUT2D eigenvalue weighted by Gasteiger charge is 2.24. The largest absolute Gasteiger partial charge is 0.454 e. The van der Waals surface area contributed by atoms with Crippen molar-refractivity contribution in [3.05, 3.63) is 82.1 Å². The second-order valence-corrected chi connectivity index (χ2v) is 9.92. The molecule has 168 valence electrons. The molecule has 0 radical (unpaired) electrons. The van der Waals surface area contributed by atoms with E-state index in [2.05, 4.69) is 0 Å². The molecule has 1 aromatic heterocycles. The van der Waals surface area contributed by atoms with Gasteiger partial charge in [-0.1, -0.05) is 29.8 Å². The normalized spacial score (nSPS) is 11.6. The molecule has 0 aliphatic rings. The monoisotopic (exact) mass is 474 g/mol. The van der Waals surface area contributed by atoms with Gasteiger partial charge in [-0.25, -0.2) is 17.5 Å². The van der Waals surface area contributed by atoms with Gasteiger partial charge >= 0.3 is 5.97 Å². The highest BCUT2D eigenvalue weighted by Crippen LogP contribution is 2.25. The number of rotatable bonds is 7. The summed E-state index contributed by atoms with van der Waals surface area (Å²) in [5.41, 5.74) is 2.97. The van der Waals surface area contributed by atoms with Gasteiger partial charge in [-0.15, -0.1) is 0 Å². The second kappa shape index (κ2) is 9.28.